The van der Waals surface area contributed by atoms with Crippen LogP contribution in [0, 0.1) is 12.8 Å². The fraction of sp³-hybridized carbons (Fsp3) is 0.444. The van der Waals surface area contributed by atoms with Crippen LogP contribution in [0.1, 0.15) is 5.56 Å². The van der Waals surface area contributed by atoms with Gasteiger partial charge in [0.1, 0.15) is 5.82 Å². The molecule has 2 aromatic rings. The van der Waals surface area contributed by atoms with Crippen molar-refractivity contribution >= 4 is 23.5 Å². The van der Waals surface area contributed by atoms with Crippen molar-refractivity contribution in [1.82, 2.24) is 19.4 Å². The maximum atomic E-state index is 12.9. The van der Waals surface area contributed by atoms with Gasteiger partial charge in [-0.1, -0.05) is 17.8 Å². The van der Waals surface area contributed by atoms with E-state index in [9.17, 15) is 9.59 Å². The normalized spacial score (nSPS) is 20.0. The second-order valence-electron chi connectivity index (χ2n) is 6.65. The van der Waals surface area contributed by atoms with Crippen LogP contribution < -0.4 is 10.5 Å². The van der Waals surface area contributed by atoms with Crippen molar-refractivity contribution in [2.75, 3.05) is 36.8 Å². The summed E-state index contributed by atoms with van der Waals surface area (Å²) in [5, 5.41) is 0.713. The van der Waals surface area contributed by atoms with E-state index in [0.29, 0.717) is 36.1 Å². The van der Waals surface area contributed by atoms with Crippen molar-refractivity contribution in [2.45, 2.75) is 18.6 Å². The number of pyridine rings is 1. The molecule has 0 bridgehead atoms. The number of nitrogens with zero attached hydrogens (tertiary/aromatic N) is 5. The van der Waals surface area contributed by atoms with Gasteiger partial charge in [-0.3, -0.25) is 14.2 Å². The summed E-state index contributed by atoms with van der Waals surface area (Å²) in [5.74, 6) is 1.59. The van der Waals surface area contributed by atoms with Gasteiger partial charge in [-0.2, -0.15) is 0 Å². The molecule has 0 saturated carbocycles. The Kier molecular flexibility index (Phi) is 4.67. The van der Waals surface area contributed by atoms with E-state index in [2.05, 4.69) is 14.9 Å². The lowest BCUT2D eigenvalue weighted by Gasteiger charge is -2.37. The zero-order valence-corrected chi connectivity index (χ0v) is 15.5. The first-order chi connectivity index (χ1) is 12.6. The van der Waals surface area contributed by atoms with Gasteiger partial charge in [0.25, 0.3) is 5.56 Å². The van der Waals surface area contributed by atoms with Crippen LogP contribution >= 0.6 is 11.8 Å². The third kappa shape index (κ3) is 3.21. The Morgan fingerprint density at radius 2 is 2.00 bits per heavy atom. The largest absolute Gasteiger partial charge is 0.353 e. The Balaban J connectivity index is 1.41. The van der Waals surface area contributed by atoms with Crippen molar-refractivity contribution in [3.8, 4) is 0 Å². The van der Waals surface area contributed by atoms with Crippen LogP contribution in [0.2, 0.25) is 0 Å². The molecule has 0 aromatic carbocycles. The van der Waals surface area contributed by atoms with E-state index in [1.165, 1.54) is 11.8 Å². The molecule has 0 N–H and O–H groups in total. The minimum atomic E-state index is -0.171. The predicted molar refractivity (Wildman–Crippen MR) is 100 cm³/mol. The molecule has 1 amide bonds. The van der Waals surface area contributed by atoms with Crippen molar-refractivity contribution in [1.29, 1.82) is 0 Å². The highest BCUT2D eigenvalue weighted by Crippen LogP contribution is 2.26. The van der Waals surface area contributed by atoms with Gasteiger partial charge in [0.05, 0.1) is 5.92 Å². The van der Waals surface area contributed by atoms with Crippen LogP contribution in [0.25, 0.3) is 0 Å². The van der Waals surface area contributed by atoms with Crippen molar-refractivity contribution in [3.63, 3.8) is 0 Å². The van der Waals surface area contributed by atoms with Crippen LogP contribution in [-0.2, 0) is 11.3 Å². The van der Waals surface area contributed by atoms with Crippen molar-refractivity contribution in [3.05, 3.63) is 46.5 Å². The average Bonchev–Trinajstić information content (AvgIpc) is 2.71. The van der Waals surface area contributed by atoms with E-state index < -0.39 is 0 Å². The summed E-state index contributed by atoms with van der Waals surface area (Å²) in [6.07, 6.45) is 3.40. The first-order valence-corrected chi connectivity index (χ1v) is 9.76. The Morgan fingerprint density at radius 3 is 2.73 bits per heavy atom. The average molecular weight is 371 g/mol. The molecule has 4 rings (SSSR count). The van der Waals surface area contributed by atoms with Crippen molar-refractivity contribution in [2.24, 2.45) is 5.92 Å². The smallest absolute Gasteiger partial charge is 0.257 e. The second-order valence-corrected chi connectivity index (χ2v) is 7.63. The first-order valence-electron chi connectivity index (χ1n) is 8.77. The number of hydrogen-bond donors (Lipinski definition) is 0. The number of aromatic nitrogens is 3. The summed E-state index contributed by atoms with van der Waals surface area (Å²) >= 11 is 1.49. The lowest BCUT2D eigenvalue weighted by Crippen LogP contribution is -2.52. The lowest BCUT2D eigenvalue weighted by molar-refractivity contribution is -0.135. The molecule has 1 saturated heterocycles. The van der Waals surface area contributed by atoms with Gasteiger partial charge in [0.15, 0.2) is 5.16 Å². The number of fused-ring (bicyclic) bond motifs is 1. The van der Waals surface area contributed by atoms with E-state index in [-0.39, 0.29) is 17.4 Å². The summed E-state index contributed by atoms with van der Waals surface area (Å²) < 4.78 is 1.65. The number of carbonyl (C=O) groups is 1. The minimum absolute atomic E-state index is 0.0417. The molecule has 26 heavy (non-hydrogen) atoms. The predicted octanol–water partition coefficient (Wildman–Crippen LogP) is 1.02. The Bertz CT molecular complexity index is 862. The molecule has 0 aliphatic carbocycles. The van der Waals surface area contributed by atoms with Crippen LogP contribution in [0.5, 0.6) is 0 Å². The SMILES string of the molecule is Cc1cnc2n(c1=O)C[C@@H](C(=O)N1CCN(c3ccccn3)CC1)CS2. The number of piperazine rings is 1. The molecule has 0 unspecified atom stereocenters. The standard InChI is InChI=1S/C18H21N5O2S/c1-13-10-20-18-23(16(13)24)11-14(12-26-18)17(25)22-8-6-21(7-9-22)15-4-2-3-5-19-15/h2-5,10,14H,6-9,11-12H2,1H3/t14-/m1/s1. The topological polar surface area (TPSA) is 71.3 Å². The maximum absolute atomic E-state index is 12.9. The highest BCUT2D eigenvalue weighted by atomic mass is 32.2. The highest BCUT2D eigenvalue weighted by molar-refractivity contribution is 7.99. The molecule has 0 radical (unpaired) electrons. The molecule has 7 nitrogen and oxygen atoms in total. The van der Waals surface area contributed by atoms with Crippen molar-refractivity contribution < 1.29 is 4.79 Å². The number of rotatable bonds is 2. The zero-order chi connectivity index (χ0) is 18.1. The number of carbonyl (C=O) groups excluding carboxylic acids is 1. The number of amides is 1. The minimum Gasteiger partial charge on any atom is -0.353 e. The second kappa shape index (κ2) is 7.11. The molecule has 1 atom stereocenters. The van der Waals surface area contributed by atoms with Crippen LogP contribution in [0.15, 0.2) is 40.5 Å². The first kappa shape index (κ1) is 17.1. The zero-order valence-electron chi connectivity index (χ0n) is 14.7. The summed E-state index contributed by atoms with van der Waals surface area (Å²) in [4.78, 5) is 38.1. The molecule has 4 heterocycles. The number of aryl methyl sites for hydroxylation is 1. The summed E-state index contributed by atoms with van der Waals surface area (Å²) in [6, 6.07) is 5.87. The van der Waals surface area contributed by atoms with Gasteiger partial charge in [-0.15, -0.1) is 0 Å². The van der Waals surface area contributed by atoms with Gasteiger partial charge in [0, 0.05) is 56.4 Å². The molecular weight excluding hydrogens is 350 g/mol. The third-order valence-electron chi connectivity index (χ3n) is 4.91. The number of hydrogen-bond acceptors (Lipinski definition) is 6. The molecule has 2 aliphatic heterocycles. The van der Waals surface area contributed by atoms with E-state index in [1.54, 1.807) is 23.9 Å². The van der Waals surface area contributed by atoms with E-state index in [1.807, 2.05) is 23.1 Å². The molecule has 2 aromatic heterocycles. The molecule has 2 aliphatic rings. The molecule has 0 spiro atoms. The van der Waals surface area contributed by atoms with E-state index in [4.69, 9.17) is 0 Å². The third-order valence-corrected chi connectivity index (χ3v) is 6.07. The Labute approximate surface area is 156 Å². The molecule has 8 heteroatoms. The number of anilines is 1. The Morgan fingerprint density at radius 1 is 1.19 bits per heavy atom. The van der Waals surface area contributed by atoms with Gasteiger partial charge >= 0.3 is 0 Å². The molecule has 1 fully saturated rings. The summed E-state index contributed by atoms with van der Waals surface area (Å²) in [7, 11) is 0. The fourth-order valence-corrected chi connectivity index (χ4v) is 4.44. The van der Waals surface area contributed by atoms with Crippen LogP contribution in [0.4, 0.5) is 5.82 Å². The van der Waals surface area contributed by atoms with Crippen LogP contribution in [-0.4, -0.2) is 57.3 Å². The van der Waals surface area contributed by atoms with Gasteiger partial charge in [0.2, 0.25) is 5.91 Å². The van der Waals surface area contributed by atoms with Gasteiger partial charge in [-0.05, 0) is 19.1 Å². The lowest BCUT2D eigenvalue weighted by atomic mass is 10.1. The summed E-state index contributed by atoms with van der Waals surface area (Å²) in [6.45, 7) is 5.11. The maximum Gasteiger partial charge on any atom is 0.257 e. The summed E-state index contributed by atoms with van der Waals surface area (Å²) in [5.41, 5.74) is 0.575. The van der Waals surface area contributed by atoms with Gasteiger partial charge < -0.3 is 9.80 Å². The van der Waals surface area contributed by atoms with Gasteiger partial charge in [-0.25, -0.2) is 9.97 Å². The van der Waals surface area contributed by atoms with E-state index in [0.717, 1.165) is 18.9 Å². The Hall–Kier alpha value is -2.35. The highest BCUT2D eigenvalue weighted by Gasteiger charge is 2.32. The fourth-order valence-electron chi connectivity index (χ4n) is 3.41. The van der Waals surface area contributed by atoms with E-state index >= 15 is 0 Å². The quantitative estimate of drug-likeness (QED) is 0.734. The number of thioether (sulfide) groups is 1. The molecule has 136 valence electrons. The van der Waals surface area contributed by atoms with Crippen LogP contribution in [0.3, 0.4) is 0 Å². The molecular formula is C18H21N5O2S. The monoisotopic (exact) mass is 371 g/mol.